The fraction of sp³-hybridized carbons (Fsp3) is 1.00. The lowest BCUT2D eigenvalue weighted by Gasteiger charge is -2.26. The normalized spacial score (nSPS) is 19.9. The van der Waals surface area contributed by atoms with Crippen LogP contribution in [-0.4, -0.2) is 31.6 Å². The minimum absolute atomic E-state index is 0.0741. The van der Waals surface area contributed by atoms with Crippen LogP contribution < -0.4 is 11.3 Å². The Bertz CT molecular complexity index is 248. The number of alkyl halides is 4. The van der Waals surface area contributed by atoms with E-state index < -0.39 is 19.0 Å². The van der Waals surface area contributed by atoms with Crippen LogP contribution in [0.3, 0.4) is 0 Å². The molecular weight excluding hydrogens is 264 g/mol. The summed E-state index contributed by atoms with van der Waals surface area (Å²) in [5.74, 6) is 1.75. The number of ether oxygens (including phenoxy) is 1. The number of halogens is 4. The van der Waals surface area contributed by atoms with Crippen molar-refractivity contribution in [3.63, 3.8) is 0 Å². The van der Waals surface area contributed by atoms with Crippen LogP contribution >= 0.6 is 0 Å². The molecule has 0 spiro atoms. The van der Waals surface area contributed by atoms with Gasteiger partial charge in [0.05, 0.1) is 6.61 Å². The Morgan fingerprint density at radius 1 is 1.21 bits per heavy atom. The van der Waals surface area contributed by atoms with Gasteiger partial charge in [-0.1, -0.05) is 32.1 Å². The number of rotatable bonds is 8. The zero-order chi connectivity index (χ0) is 14.3. The summed E-state index contributed by atoms with van der Waals surface area (Å²) in [6, 6.07) is -0.267. The van der Waals surface area contributed by atoms with Crippen molar-refractivity contribution in [2.45, 2.75) is 56.9 Å². The highest BCUT2D eigenvalue weighted by Crippen LogP contribution is 2.27. The molecule has 19 heavy (non-hydrogen) atoms. The van der Waals surface area contributed by atoms with Crippen molar-refractivity contribution in [3.05, 3.63) is 0 Å². The van der Waals surface area contributed by atoms with E-state index in [1.807, 2.05) is 0 Å². The molecule has 1 atom stereocenters. The highest BCUT2D eigenvalue weighted by atomic mass is 19.3. The van der Waals surface area contributed by atoms with Gasteiger partial charge >= 0.3 is 12.3 Å². The number of hydrogen-bond donors (Lipinski definition) is 2. The Hall–Kier alpha value is -0.400. The van der Waals surface area contributed by atoms with Crippen LogP contribution in [-0.2, 0) is 4.74 Å². The Morgan fingerprint density at radius 3 is 2.37 bits per heavy atom. The third kappa shape index (κ3) is 6.05. The number of hydrazine groups is 1. The second kappa shape index (κ2) is 8.01. The van der Waals surface area contributed by atoms with Gasteiger partial charge in [-0.25, -0.2) is 8.78 Å². The zero-order valence-corrected chi connectivity index (χ0v) is 10.9. The van der Waals surface area contributed by atoms with E-state index in [2.05, 4.69) is 10.2 Å². The number of hydrogen-bond acceptors (Lipinski definition) is 3. The lowest BCUT2D eigenvalue weighted by atomic mass is 9.85. The van der Waals surface area contributed by atoms with Crippen molar-refractivity contribution < 1.29 is 22.3 Å². The second-order valence-electron chi connectivity index (χ2n) is 5.18. The van der Waals surface area contributed by atoms with E-state index in [1.165, 1.54) is 19.3 Å². The number of nitrogens with two attached hydrogens (primary N) is 1. The monoisotopic (exact) mass is 286 g/mol. The van der Waals surface area contributed by atoms with Crippen LogP contribution in [0.2, 0.25) is 0 Å². The highest BCUT2D eigenvalue weighted by Gasteiger charge is 2.41. The molecule has 1 unspecified atom stereocenters. The molecule has 1 saturated carbocycles. The summed E-state index contributed by atoms with van der Waals surface area (Å²) in [5.41, 5.74) is 2.51. The molecule has 0 bridgehead atoms. The predicted molar refractivity (Wildman–Crippen MR) is 64.1 cm³/mol. The van der Waals surface area contributed by atoms with E-state index in [4.69, 9.17) is 5.84 Å². The molecule has 1 aliphatic carbocycles. The van der Waals surface area contributed by atoms with Crippen molar-refractivity contribution in [3.8, 4) is 0 Å². The molecule has 0 saturated heterocycles. The molecular formula is C12H22F4N2O. The van der Waals surface area contributed by atoms with Gasteiger partial charge in [-0.3, -0.25) is 11.3 Å². The number of nitrogens with one attached hydrogen (secondary N) is 1. The highest BCUT2D eigenvalue weighted by molar-refractivity contribution is 4.74. The third-order valence-electron chi connectivity index (χ3n) is 3.51. The van der Waals surface area contributed by atoms with Crippen LogP contribution in [0.15, 0.2) is 0 Å². The molecule has 0 amide bonds. The summed E-state index contributed by atoms with van der Waals surface area (Å²) in [6.07, 6.45) is 2.82. The topological polar surface area (TPSA) is 47.3 Å². The van der Waals surface area contributed by atoms with Crippen LogP contribution in [0, 0.1) is 5.92 Å². The van der Waals surface area contributed by atoms with Gasteiger partial charge in [-0.2, -0.15) is 8.78 Å². The van der Waals surface area contributed by atoms with Gasteiger partial charge in [0.1, 0.15) is 6.61 Å². The zero-order valence-electron chi connectivity index (χ0n) is 10.9. The molecule has 0 heterocycles. The predicted octanol–water partition coefficient (Wildman–Crippen LogP) is 2.71. The fourth-order valence-electron chi connectivity index (χ4n) is 2.41. The largest absolute Gasteiger partial charge is 0.373 e. The molecule has 0 aromatic rings. The maximum absolute atomic E-state index is 12.6. The summed E-state index contributed by atoms with van der Waals surface area (Å²) in [4.78, 5) is 0. The molecule has 1 rings (SSSR count). The van der Waals surface area contributed by atoms with E-state index in [0.29, 0.717) is 5.92 Å². The Balaban J connectivity index is 2.24. The van der Waals surface area contributed by atoms with Crippen molar-refractivity contribution in [2.75, 3.05) is 13.2 Å². The van der Waals surface area contributed by atoms with Crippen LogP contribution in [0.1, 0.15) is 38.5 Å². The van der Waals surface area contributed by atoms with Gasteiger partial charge in [0.2, 0.25) is 0 Å². The lowest BCUT2D eigenvalue weighted by Crippen LogP contribution is -2.42. The average Bonchev–Trinajstić information content (AvgIpc) is 2.38. The van der Waals surface area contributed by atoms with Gasteiger partial charge in [-0.15, -0.1) is 0 Å². The summed E-state index contributed by atoms with van der Waals surface area (Å²) in [6.45, 7) is -1.34. The van der Waals surface area contributed by atoms with Gasteiger partial charge in [0.15, 0.2) is 0 Å². The van der Waals surface area contributed by atoms with E-state index >= 15 is 0 Å². The Kier molecular flexibility index (Phi) is 7.02. The molecule has 3 nitrogen and oxygen atoms in total. The van der Waals surface area contributed by atoms with E-state index in [1.54, 1.807) is 0 Å². The molecule has 0 aliphatic heterocycles. The smallest absolute Gasteiger partial charge is 0.330 e. The SMILES string of the molecule is NNC(COCC(F)(F)C(F)F)CC1CCCCC1. The first kappa shape index (κ1) is 16.7. The third-order valence-corrected chi connectivity index (χ3v) is 3.51. The Labute approximate surface area is 110 Å². The summed E-state index contributed by atoms with van der Waals surface area (Å²) in [5, 5.41) is 0. The maximum atomic E-state index is 12.6. The molecule has 114 valence electrons. The summed E-state index contributed by atoms with van der Waals surface area (Å²) in [7, 11) is 0. The van der Waals surface area contributed by atoms with Gasteiger partial charge in [0, 0.05) is 6.04 Å². The summed E-state index contributed by atoms with van der Waals surface area (Å²) < 4.78 is 53.8. The molecule has 1 fully saturated rings. The maximum Gasteiger partial charge on any atom is 0.330 e. The van der Waals surface area contributed by atoms with Crippen LogP contribution in [0.5, 0.6) is 0 Å². The minimum atomic E-state index is -4.09. The summed E-state index contributed by atoms with van der Waals surface area (Å²) >= 11 is 0. The molecule has 1 aliphatic rings. The lowest BCUT2D eigenvalue weighted by molar-refractivity contribution is -0.167. The van der Waals surface area contributed by atoms with Crippen molar-refractivity contribution in [2.24, 2.45) is 11.8 Å². The van der Waals surface area contributed by atoms with Crippen LogP contribution in [0.25, 0.3) is 0 Å². The van der Waals surface area contributed by atoms with Crippen molar-refractivity contribution in [1.82, 2.24) is 5.43 Å². The molecule has 3 N–H and O–H groups in total. The molecule has 7 heteroatoms. The average molecular weight is 286 g/mol. The minimum Gasteiger partial charge on any atom is -0.373 e. The quantitative estimate of drug-likeness (QED) is 0.410. The van der Waals surface area contributed by atoms with Gasteiger partial charge in [-0.05, 0) is 12.3 Å². The molecule has 0 aromatic heterocycles. The van der Waals surface area contributed by atoms with Crippen LogP contribution in [0.4, 0.5) is 17.6 Å². The first-order valence-electron chi connectivity index (χ1n) is 6.65. The second-order valence-corrected chi connectivity index (χ2v) is 5.18. The first-order valence-corrected chi connectivity index (χ1v) is 6.65. The van der Waals surface area contributed by atoms with E-state index in [-0.39, 0.29) is 12.6 Å². The molecule has 0 radical (unpaired) electrons. The Morgan fingerprint density at radius 2 is 1.84 bits per heavy atom. The van der Waals surface area contributed by atoms with Gasteiger partial charge < -0.3 is 4.74 Å². The van der Waals surface area contributed by atoms with Gasteiger partial charge in [0.25, 0.3) is 0 Å². The fourth-order valence-corrected chi connectivity index (χ4v) is 2.41. The van der Waals surface area contributed by atoms with Crippen molar-refractivity contribution in [1.29, 1.82) is 0 Å². The van der Waals surface area contributed by atoms with E-state index in [9.17, 15) is 17.6 Å². The first-order chi connectivity index (χ1) is 8.95. The van der Waals surface area contributed by atoms with Crippen molar-refractivity contribution >= 4 is 0 Å². The van der Waals surface area contributed by atoms with E-state index in [0.717, 1.165) is 19.3 Å². The molecule has 0 aromatic carbocycles. The standard InChI is InChI=1S/C12H22F4N2O/c13-11(14)12(15,16)8-19-7-10(18-17)6-9-4-2-1-3-5-9/h9-11,18H,1-8,17H2.